The SMILES string of the molecule is CC1=CC(C)=C(C)C1c1ccccc1C(=N)c1ccc(C)c(C)c1C. The van der Waals surface area contributed by atoms with E-state index < -0.39 is 0 Å². The van der Waals surface area contributed by atoms with Crippen LogP contribution in [0.4, 0.5) is 0 Å². The number of aryl methyl sites for hydroxylation is 1. The Morgan fingerprint density at radius 2 is 1.48 bits per heavy atom. The lowest BCUT2D eigenvalue weighted by molar-refractivity contribution is 0.935. The van der Waals surface area contributed by atoms with Crippen LogP contribution in [0.3, 0.4) is 0 Å². The van der Waals surface area contributed by atoms with Crippen LogP contribution >= 0.6 is 0 Å². The molecule has 0 heterocycles. The predicted octanol–water partition coefficient (Wildman–Crippen LogP) is 6.41. The predicted molar refractivity (Wildman–Crippen MR) is 108 cm³/mol. The maximum atomic E-state index is 8.93. The molecular formula is C24H27N. The van der Waals surface area contributed by atoms with Crippen molar-refractivity contribution in [3.63, 3.8) is 0 Å². The van der Waals surface area contributed by atoms with Gasteiger partial charge in [0.2, 0.25) is 0 Å². The molecule has 0 fully saturated rings. The molecule has 0 aromatic heterocycles. The second kappa shape index (κ2) is 6.48. The van der Waals surface area contributed by atoms with Crippen molar-refractivity contribution in [2.45, 2.75) is 47.5 Å². The number of hydrogen-bond donors (Lipinski definition) is 1. The van der Waals surface area contributed by atoms with Crippen LogP contribution in [0.1, 0.15) is 60.1 Å². The first-order valence-electron chi connectivity index (χ1n) is 8.93. The van der Waals surface area contributed by atoms with Crippen LogP contribution < -0.4 is 0 Å². The van der Waals surface area contributed by atoms with Gasteiger partial charge >= 0.3 is 0 Å². The Morgan fingerprint density at radius 1 is 0.800 bits per heavy atom. The van der Waals surface area contributed by atoms with Crippen LogP contribution in [0.15, 0.2) is 59.2 Å². The number of rotatable bonds is 3. The minimum absolute atomic E-state index is 0.295. The lowest BCUT2D eigenvalue weighted by Gasteiger charge is -2.21. The summed E-state index contributed by atoms with van der Waals surface area (Å²) in [5, 5.41) is 8.93. The zero-order chi connectivity index (χ0) is 18.3. The summed E-state index contributed by atoms with van der Waals surface area (Å²) in [5.74, 6) is 0.295. The van der Waals surface area contributed by atoms with Crippen LogP contribution in [0.2, 0.25) is 0 Å². The Morgan fingerprint density at radius 3 is 2.12 bits per heavy atom. The van der Waals surface area contributed by atoms with E-state index in [4.69, 9.17) is 5.41 Å². The minimum atomic E-state index is 0.295. The molecule has 2 aromatic rings. The molecule has 0 bridgehead atoms. The number of hydrogen-bond acceptors (Lipinski definition) is 1. The summed E-state index contributed by atoms with van der Waals surface area (Å²) in [5.41, 5.74) is 11.8. The van der Waals surface area contributed by atoms with Crippen molar-refractivity contribution in [2.24, 2.45) is 0 Å². The fourth-order valence-electron chi connectivity index (χ4n) is 3.93. The average molecular weight is 329 g/mol. The van der Waals surface area contributed by atoms with E-state index in [-0.39, 0.29) is 0 Å². The first kappa shape index (κ1) is 17.4. The molecule has 0 saturated carbocycles. The molecule has 0 spiro atoms. The van der Waals surface area contributed by atoms with Crippen LogP contribution in [0.5, 0.6) is 0 Å². The van der Waals surface area contributed by atoms with Gasteiger partial charge in [-0.3, -0.25) is 5.41 Å². The average Bonchev–Trinajstić information content (AvgIpc) is 2.84. The third-order valence-corrected chi connectivity index (χ3v) is 5.82. The zero-order valence-electron chi connectivity index (χ0n) is 16.1. The lowest BCUT2D eigenvalue weighted by Crippen LogP contribution is -2.11. The second-order valence-electron chi connectivity index (χ2n) is 7.33. The van der Waals surface area contributed by atoms with Crippen LogP contribution in [0.25, 0.3) is 0 Å². The summed E-state index contributed by atoms with van der Waals surface area (Å²) in [7, 11) is 0. The van der Waals surface area contributed by atoms with E-state index in [0.29, 0.717) is 11.6 Å². The van der Waals surface area contributed by atoms with E-state index in [1.165, 1.54) is 39.0 Å². The van der Waals surface area contributed by atoms with Gasteiger partial charge in [0.1, 0.15) is 0 Å². The molecule has 0 saturated heterocycles. The van der Waals surface area contributed by atoms with E-state index >= 15 is 0 Å². The number of benzene rings is 2. The standard InChI is InChI=1S/C24H27N/c1-14-11-12-20(19(6)17(14)4)24(25)22-10-8-7-9-21(22)23-16(3)13-15(2)18(23)5/h7-13,23,25H,1-6H3. The third-order valence-electron chi connectivity index (χ3n) is 5.82. The van der Waals surface area contributed by atoms with E-state index in [1.54, 1.807) is 0 Å². The molecule has 3 rings (SSSR count). The first-order valence-corrected chi connectivity index (χ1v) is 8.93. The molecule has 2 aromatic carbocycles. The fourth-order valence-corrected chi connectivity index (χ4v) is 3.93. The fraction of sp³-hybridized carbons (Fsp3) is 0.292. The minimum Gasteiger partial charge on any atom is -0.300 e. The highest BCUT2D eigenvalue weighted by Crippen LogP contribution is 2.41. The van der Waals surface area contributed by atoms with Gasteiger partial charge in [-0.25, -0.2) is 0 Å². The van der Waals surface area contributed by atoms with Crippen molar-refractivity contribution in [2.75, 3.05) is 0 Å². The van der Waals surface area contributed by atoms with Crippen molar-refractivity contribution < 1.29 is 0 Å². The largest absolute Gasteiger partial charge is 0.300 e. The van der Waals surface area contributed by atoms with E-state index in [0.717, 1.165) is 11.1 Å². The van der Waals surface area contributed by atoms with Gasteiger partial charge in [0.15, 0.2) is 0 Å². The van der Waals surface area contributed by atoms with Crippen molar-refractivity contribution in [1.29, 1.82) is 5.41 Å². The van der Waals surface area contributed by atoms with Crippen molar-refractivity contribution in [1.82, 2.24) is 0 Å². The second-order valence-corrected chi connectivity index (χ2v) is 7.33. The maximum absolute atomic E-state index is 8.93. The van der Waals surface area contributed by atoms with Crippen molar-refractivity contribution >= 4 is 5.71 Å². The third kappa shape index (κ3) is 2.89. The molecular weight excluding hydrogens is 302 g/mol. The van der Waals surface area contributed by atoms with Crippen molar-refractivity contribution in [3.05, 3.63) is 92.6 Å². The van der Waals surface area contributed by atoms with Gasteiger partial charge in [-0.2, -0.15) is 0 Å². The molecule has 1 aliphatic rings. The quantitative estimate of drug-likeness (QED) is 0.629. The monoisotopic (exact) mass is 329 g/mol. The molecule has 1 unspecified atom stereocenters. The summed E-state index contributed by atoms with van der Waals surface area (Å²) in [6.45, 7) is 13.0. The summed E-state index contributed by atoms with van der Waals surface area (Å²) in [4.78, 5) is 0. The van der Waals surface area contributed by atoms with Gasteiger partial charge in [-0.15, -0.1) is 0 Å². The van der Waals surface area contributed by atoms with Gasteiger partial charge in [0, 0.05) is 17.0 Å². The normalized spacial score (nSPS) is 17.0. The van der Waals surface area contributed by atoms with E-state index in [9.17, 15) is 0 Å². The highest BCUT2D eigenvalue weighted by Gasteiger charge is 2.25. The number of allylic oxidation sites excluding steroid dienone is 4. The van der Waals surface area contributed by atoms with E-state index in [2.05, 4.69) is 78.0 Å². The molecule has 0 radical (unpaired) electrons. The summed E-state index contributed by atoms with van der Waals surface area (Å²) < 4.78 is 0. The highest BCUT2D eigenvalue weighted by molar-refractivity contribution is 6.13. The highest BCUT2D eigenvalue weighted by atomic mass is 14.4. The maximum Gasteiger partial charge on any atom is 0.0690 e. The Bertz CT molecular complexity index is 925. The molecule has 0 amide bonds. The smallest absolute Gasteiger partial charge is 0.0690 e. The number of nitrogens with one attached hydrogen (secondary N) is 1. The Hall–Kier alpha value is -2.41. The Labute approximate surface area is 151 Å². The van der Waals surface area contributed by atoms with Gasteiger partial charge < -0.3 is 0 Å². The molecule has 25 heavy (non-hydrogen) atoms. The van der Waals surface area contributed by atoms with Crippen LogP contribution in [-0.2, 0) is 0 Å². The van der Waals surface area contributed by atoms with Crippen molar-refractivity contribution in [3.8, 4) is 0 Å². The molecule has 0 aliphatic heterocycles. The lowest BCUT2D eigenvalue weighted by atomic mass is 9.83. The zero-order valence-corrected chi connectivity index (χ0v) is 16.1. The topological polar surface area (TPSA) is 23.9 Å². The first-order chi connectivity index (χ1) is 11.8. The summed E-state index contributed by atoms with van der Waals surface area (Å²) in [6.07, 6.45) is 2.28. The molecule has 1 nitrogen and oxygen atoms in total. The van der Waals surface area contributed by atoms with Crippen LogP contribution in [0, 0.1) is 26.2 Å². The van der Waals surface area contributed by atoms with Gasteiger partial charge in [0.05, 0.1) is 5.71 Å². The Balaban J connectivity index is 2.13. The molecule has 1 atom stereocenters. The van der Waals surface area contributed by atoms with Gasteiger partial charge in [0.25, 0.3) is 0 Å². The van der Waals surface area contributed by atoms with Crippen LogP contribution in [-0.4, -0.2) is 5.71 Å². The molecule has 1 N–H and O–H groups in total. The summed E-state index contributed by atoms with van der Waals surface area (Å²) in [6, 6.07) is 12.6. The van der Waals surface area contributed by atoms with Gasteiger partial charge in [-0.1, -0.05) is 59.2 Å². The molecule has 1 heteroatoms. The Kier molecular flexibility index (Phi) is 4.51. The molecule has 1 aliphatic carbocycles. The van der Waals surface area contributed by atoms with E-state index in [1.807, 2.05) is 6.07 Å². The molecule has 128 valence electrons. The summed E-state index contributed by atoms with van der Waals surface area (Å²) >= 11 is 0. The van der Waals surface area contributed by atoms with Gasteiger partial charge in [-0.05, 0) is 63.8 Å².